The molecule has 3 aromatic rings. The summed E-state index contributed by atoms with van der Waals surface area (Å²) in [6.07, 6.45) is 1.19. The van der Waals surface area contributed by atoms with Gasteiger partial charge in [-0.3, -0.25) is 4.79 Å². The first-order valence-electron chi connectivity index (χ1n) is 10.3. The van der Waals surface area contributed by atoms with Crippen LogP contribution >= 0.6 is 15.9 Å². The number of rotatable bonds is 9. The van der Waals surface area contributed by atoms with Crippen LogP contribution in [-0.4, -0.2) is 34.7 Å². The van der Waals surface area contributed by atoms with Crippen molar-refractivity contribution in [2.45, 2.75) is 33.0 Å². The molecule has 0 saturated carbocycles. The molecule has 31 heavy (non-hydrogen) atoms. The van der Waals surface area contributed by atoms with E-state index in [9.17, 15) is 9.18 Å². The van der Waals surface area contributed by atoms with E-state index in [2.05, 4.69) is 37.9 Å². The zero-order valence-corrected chi connectivity index (χ0v) is 19.4. The highest BCUT2D eigenvalue weighted by atomic mass is 79.9. The van der Waals surface area contributed by atoms with Crippen molar-refractivity contribution in [3.8, 4) is 11.3 Å². The Morgan fingerprint density at radius 3 is 2.65 bits per heavy atom. The van der Waals surface area contributed by atoms with Crippen molar-refractivity contribution >= 4 is 21.8 Å². The van der Waals surface area contributed by atoms with Gasteiger partial charge in [-0.15, -0.1) is 0 Å². The van der Waals surface area contributed by atoms with Crippen molar-refractivity contribution in [2.75, 3.05) is 13.1 Å². The zero-order valence-electron chi connectivity index (χ0n) is 17.8. The second kappa shape index (κ2) is 10.2. The van der Waals surface area contributed by atoms with Crippen LogP contribution in [0.15, 0.2) is 65.3 Å². The highest BCUT2D eigenvalue weighted by molar-refractivity contribution is 9.10. The van der Waals surface area contributed by atoms with E-state index in [4.69, 9.17) is 10.7 Å². The second-order valence-corrected chi connectivity index (χ2v) is 9.19. The summed E-state index contributed by atoms with van der Waals surface area (Å²) < 4.78 is 16.5. The molecule has 5 nitrogen and oxygen atoms in total. The van der Waals surface area contributed by atoms with Gasteiger partial charge in [0.1, 0.15) is 12.0 Å². The molecule has 7 heteroatoms. The first-order chi connectivity index (χ1) is 14.8. The Labute approximate surface area is 191 Å². The highest BCUT2D eigenvalue weighted by Crippen LogP contribution is 2.27. The van der Waals surface area contributed by atoms with Crippen molar-refractivity contribution in [2.24, 2.45) is 11.1 Å². The minimum Gasteiger partial charge on any atom is -0.353 e. The summed E-state index contributed by atoms with van der Waals surface area (Å²) in [5, 5.41) is 2.67. The second-order valence-electron chi connectivity index (χ2n) is 8.27. The first-order valence-corrected chi connectivity index (χ1v) is 11.1. The molecule has 0 spiro atoms. The normalized spacial score (nSPS) is 12.5. The van der Waals surface area contributed by atoms with Crippen LogP contribution in [0.2, 0.25) is 0 Å². The van der Waals surface area contributed by atoms with Crippen molar-refractivity contribution in [1.29, 1.82) is 0 Å². The summed E-state index contributed by atoms with van der Waals surface area (Å²) in [6, 6.07) is 18.1. The Morgan fingerprint density at radius 1 is 1.23 bits per heavy atom. The molecule has 0 aliphatic heterocycles. The Balaban J connectivity index is 1.88. The molecule has 0 saturated heterocycles. The fraction of sp³-hybridized carbons (Fsp3) is 0.333. The Hall–Kier alpha value is -2.51. The number of hydrogen-bond donors (Lipinski definition) is 2. The molecule has 1 aromatic heterocycles. The molecule has 0 aliphatic carbocycles. The van der Waals surface area contributed by atoms with Gasteiger partial charge in [-0.05, 0) is 17.7 Å². The molecule has 0 aliphatic rings. The largest absolute Gasteiger partial charge is 0.353 e. The minimum absolute atomic E-state index is 0.0828. The quantitative estimate of drug-likeness (QED) is 0.472. The summed E-state index contributed by atoms with van der Waals surface area (Å²) in [5.41, 5.74) is 7.53. The van der Waals surface area contributed by atoms with Gasteiger partial charge in [0.25, 0.3) is 0 Å². The third-order valence-electron chi connectivity index (χ3n) is 5.13. The van der Waals surface area contributed by atoms with Gasteiger partial charge in [0.05, 0.1) is 17.7 Å². The van der Waals surface area contributed by atoms with Crippen LogP contribution in [0.4, 0.5) is 4.39 Å². The van der Waals surface area contributed by atoms with Crippen molar-refractivity contribution in [1.82, 2.24) is 14.9 Å². The number of imidazole rings is 1. The fourth-order valence-electron chi connectivity index (χ4n) is 3.30. The first kappa shape index (κ1) is 23.2. The van der Waals surface area contributed by atoms with Gasteiger partial charge in [-0.25, -0.2) is 9.37 Å². The van der Waals surface area contributed by atoms with Gasteiger partial charge in [0, 0.05) is 35.7 Å². The lowest BCUT2D eigenvalue weighted by Crippen LogP contribution is -2.42. The number of amides is 1. The summed E-state index contributed by atoms with van der Waals surface area (Å²) in [7, 11) is 0. The predicted molar refractivity (Wildman–Crippen MR) is 125 cm³/mol. The maximum Gasteiger partial charge on any atom is 0.226 e. The number of aromatic nitrogens is 2. The van der Waals surface area contributed by atoms with Crippen molar-refractivity contribution in [3.63, 3.8) is 0 Å². The zero-order chi connectivity index (χ0) is 22.4. The number of carbonyl (C=O) groups is 1. The molecular formula is C24H28BrFN4O. The molecular weight excluding hydrogens is 459 g/mol. The number of alkyl halides is 1. The van der Waals surface area contributed by atoms with Gasteiger partial charge in [0.2, 0.25) is 5.91 Å². The van der Waals surface area contributed by atoms with Gasteiger partial charge >= 0.3 is 0 Å². The topological polar surface area (TPSA) is 72.9 Å². The van der Waals surface area contributed by atoms with Crippen LogP contribution in [0.3, 0.4) is 0 Å². The molecule has 0 radical (unpaired) electrons. The summed E-state index contributed by atoms with van der Waals surface area (Å²) in [4.78, 5) is 17.6. The maximum atomic E-state index is 13.5. The lowest BCUT2D eigenvalue weighted by molar-refractivity contribution is -0.129. The monoisotopic (exact) mass is 486 g/mol. The SMILES string of the molecule is CC(C)(Cc1nc(-c2cccc(Br)c2)cn1Cc1ccccc1)C(=O)NC[C@H](F)CN. The van der Waals surface area contributed by atoms with E-state index in [0.717, 1.165) is 27.1 Å². The number of hydrogen-bond acceptors (Lipinski definition) is 3. The number of nitrogens with two attached hydrogens (primary N) is 1. The van der Waals surface area contributed by atoms with Crippen LogP contribution in [0, 0.1) is 5.41 Å². The molecule has 3 rings (SSSR count). The van der Waals surface area contributed by atoms with E-state index in [1.165, 1.54) is 0 Å². The molecule has 2 aromatic carbocycles. The summed E-state index contributed by atoms with van der Waals surface area (Å²) >= 11 is 3.51. The van der Waals surface area contributed by atoms with Gasteiger partial charge in [0.15, 0.2) is 0 Å². The fourth-order valence-corrected chi connectivity index (χ4v) is 3.70. The molecule has 1 heterocycles. The number of halogens is 2. The minimum atomic E-state index is -1.25. The molecule has 3 N–H and O–H groups in total. The summed E-state index contributed by atoms with van der Waals surface area (Å²) in [6.45, 7) is 4.14. The molecule has 0 unspecified atom stereocenters. The Bertz CT molecular complexity index is 1020. The molecule has 0 fully saturated rings. The average Bonchev–Trinajstić information content (AvgIpc) is 3.14. The van der Waals surface area contributed by atoms with E-state index in [-0.39, 0.29) is 19.0 Å². The Morgan fingerprint density at radius 2 is 1.97 bits per heavy atom. The molecule has 1 amide bonds. The van der Waals surface area contributed by atoms with Gasteiger partial charge in [-0.1, -0.05) is 72.2 Å². The summed E-state index contributed by atoms with van der Waals surface area (Å²) in [5.74, 6) is 0.580. The lowest BCUT2D eigenvalue weighted by Gasteiger charge is -2.24. The molecule has 164 valence electrons. The Kier molecular flexibility index (Phi) is 7.62. The number of nitrogens with one attached hydrogen (secondary N) is 1. The van der Waals surface area contributed by atoms with E-state index in [0.29, 0.717) is 13.0 Å². The van der Waals surface area contributed by atoms with E-state index < -0.39 is 11.6 Å². The van der Waals surface area contributed by atoms with Gasteiger partial charge < -0.3 is 15.6 Å². The van der Waals surface area contributed by atoms with Crippen LogP contribution < -0.4 is 11.1 Å². The maximum absolute atomic E-state index is 13.5. The smallest absolute Gasteiger partial charge is 0.226 e. The van der Waals surface area contributed by atoms with E-state index in [1.807, 2.05) is 62.5 Å². The molecule has 0 bridgehead atoms. The van der Waals surface area contributed by atoms with Crippen LogP contribution in [-0.2, 0) is 17.8 Å². The van der Waals surface area contributed by atoms with Crippen molar-refractivity contribution in [3.05, 3.63) is 76.7 Å². The van der Waals surface area contributed by atoms with Crippen LogP contribution in [0.25, 0.3) is 11.3 Å². The van der Waals surface area contributed by atoms with E-state index >= 15 is 0 Å². The highest BCUT2D eigenvalue weighted by Gasteiger charge is 2.30. The van der Waals surface area contributed by atoms with Crippen LogP contribution in [0.1, 0.15) is 25.2 Å². The standard InChI is InChI=1S/C24H28BrFN4O/c1-24(2,23(31)28-14-20(26)13-27)12-22-29-21(18-9-6-10-19(25)11-18)16-30(22)15-17-7-4-3-5-8-17/h3-11,16,20H,12-15,27H2,1-2H3,(H,28,31)/t20-/m1/s1. The number of nitrogens with zero attached hydrogens (tertiary/aromatic N) is 2. The number of benzene rings is 2. The molecule has 1 atom stereocenters. The average molecular weight is 487 g/mol. The van der Waals surface area contributed by atoms with Crippen LogP contribution in [0.5, 0.6) is 0 Å². The lowest BCUT2D eigenvalue weighted by atomic mass is 9.87. The number of carbonyl (C=O) groups excluding carboxylic acids is 1. The third-order valence-corrected chi connectivity index (χ3v) is 5.62. The van der Waals surface area contributed by atoms with Gasteiger partial charge in [-0.2, -0.15) is 0 Å². The van der Waals surface area contributed by atoms with E-state index in [1.54, 1.807) is 0 Å². The third kappa shape index (κ3) is 6.24. The van der Waals surface area contributed by atoms with Crippen molar-refractivity contribution < 1.29 is 9.18 Å². The predicted octanol–water partition coefficient (Wildman–Crippen LogP) is 4.34.